The Morgan fingerprint density at radius 3 is 2.07 bits per heavy atom. The van der Waals surface area contributed by atoms with Gasteiger partial charge < -0.3 is 15.4 Å². The number of hydrogen-bond acceptors (Lipinski definition) is 3. The molecule has 5 nitrogen and oxygen atoms in total. The molecule has 0 saturated heterocycles. The summed E-state index contributed by atoms with van der Waals surface area (Å²) in [5.41, 5.74) is 4.74. The molecule has 29 heavy (non-hydrogen) atoms. The molecule has 2 aromatic carbocycles. The Kier molecular flexibility index (Phi) is 6.13. The molecule has 0 aromatic heterocycles. The molecule has 0 bridgehead atoms. The second-order valence-electron chi connectivity index (χ2n) is 7.94. The Morgan fingerprint density at radius 2 is 1.45 bits per heavy atom. The minimum absolute atomic E-state index is 0.0213. The van der Waals surface area contributed by atoms with E-state index in [1.54, 1.807) is 0 Å². The Bertz CT molecular complexity index is 826. The van der Waals surface area contributed by atoms with E-state index in [2.05, 4.69) is 34.9 Å². The van der Waals surface area contributed by atoms with Crippen molar-refractivity contribution in [2.75, 3.05) is 13.2 Å². The number of nitrogens with one attached hydrogen (secondary N) is 2. The number of hydrogen-bond donors (Lipinski definition) is 2. The van der Waals surface area contributed by atoms with Crippen LogP contribution in [0.25, 0.3) is 11.1 Å². The Hall–Kier alpha value is -2.82. The highest BCUT2D eigenvalue weighted by atomic mass is 16.5. The molecule has 0 unspecified atom stereocenters. The molecular formula is C24H28N2O3. The van der Waals surface area contributed by atoms with Crippen molar-refractivity contribution in [1.82, 2.24) is 10.6 Å². The fourth-order valence-electron chi connectivity index (χ4n) is 4.50. The molecule has 4 rings (SSSR count). The molecule has 0 aliphatic heterocycles. The Balaban J connectivity index is 1.28. The van der Waals surface area contributed by atoms with Crippen LogP contribution in [-0.2, 0) is 9.53 Å². The van der Waals surface area contributed by atoms with E-state index >= 15 is 0 Å². The van der Waals surface area contributed by atoms with E-state index in [4.69, 9.17) is 4.74 Å². The minimum Gasteiger partial charge on any atom is -0.449 e. The standard InChI is InChI=1S/C24H28N2O3/c27-23(26-17-9-3-1-2-4-10-17)15-25-24(28)29-16-22-20-13-7-5-11-18(20)19-12-6-8-14-21(19)22/h5-8,11-14,17,22H,1-4,9-10,15-16H2,(H,25,28)(H,26,27). The molecular weight excluding hydrogens is 364 g/mol. The third-order valence-corrected chi connectivity index (χ3v) is 5.96. The van der Waals surface area contributed by atoms with Crippen LogP contribution in [-0.4, -0.2) is 31.2 Å². The first kappa shape index (κ1) is 19.5. The number of alkyl carbamates (subject to hydrolysis) is 1. The number of rotatable bonds is 5. The van der Waals surface area contributed by atoms with Gasteiger partial charge in [0, 0.05) is 12.0 Å². The third kappa shape index (κ3) is 4.61. The van der Waals surface area contributed by atoms with E-state index in [1.807, 2.05) is 24.3 Å². The fourth-order valence-corrected chi connectivity index (χ4v) is 4.50. The van der Waals surface area contributed by atoms with E-state index in [-0.39, 0.29) is 31.0 Å². The molecule has 2 aliphatic rings. The maximum absolute atomic E-state index is 12.2. The highest BCUT2D eigenvalue weighted by molar-refractivity contribution is 5.82. The number of carbonyl (C=O) groups excluding carboxylic acids is 2. The molecule has 2 N–H and O–H groups in total. The summed E-state index contributed by atoms with van der Waals surface area (Å²) in [6, 6.07) is 16.7. The van der Waals surface area contributed by atoms with Crippen molar-refractivity contribution in [1.29, 1.82) is 0 Å². The van der Waals surface area contributed by atoms with Gasteiger partial charge in [0.15, 0.2) is 0 Å². The molecule has 152 valence electrons. The topological polar surface area (TPSA) is 67.4 Å². The van der Waals surface area contributed by atoms with Crippen molar-refractivity contribution in [2.24, 2.45) is 0 Å². The van der Waals surface area contributed by atoms with Gasteiger partial charge in [-0.05, 0) is 35.1 Å². The summed E-state index contributed by atoms with van der Waals surface area (Å²) in [6.45, 7) is 0.206. The van der Waals surface area contributed by atoms with E-state index in [0.29, 0.717) is 0 Å². The maximum atomic E-state index is 12.2. The molecule has 5 heteroatoms. The SMILES string of the molecule is O=C(CNC(=O)OCC1c2ccccc2-c2ccccc21)NC1CCCCCC1. The highest BCUT2D eigenvalue weighted by Crippen LogP contribution is 2.44. The Morgan fingerprint density at radius 1 is 0.862 bits per heavy atom. The van der Waals surface area contributed by atoms with Gasteiger partial charge in [-0.25, -0.2) is 4.79 Å². The quantitative estimate of drug-likeness (QED) is 0.743. The Labute approximate surface area is 171 Å². The number of amides is 2. The van der Waals surface area contributed by atoms with Crippen molar-refractivity contribution in [3.8, 4) is 11.1 Å². The van der Waals surface area contributed by atoms with Crippen LogP contribution in [0.5, 0.6) is 0 Å². The lowest BCUT2D eigenvalue weighted by Gasteiger charge is -2.17. The van der Waals surface area contributed by atoms with Gasteiger partial charge in [-0.1, -0.05) is 74.2 Å². The maximum Gasteiger partial charge on any atom is 0.407 e. The first-order valence-corrected chi connectivity index (χ1v) is 10.6. The lowest BCUT2D eigenvalue weighted by atomic mass is 9.98. The zero-order valence-electron chi connectivity index (χ0n) is 16.7. The van der Waals surface area contributed by atoms with Crippen molar-refractivity contribution in [2.45, 2.75) is 50.5 Å². The number of ether oxygens (including phenoxy) is 1. The van der Waals surface area contributed by atoms with Crippen LogP contribution >= 0.6 is 0 Å². The summed E-state index contributed by atoms with van der Waals surface area (Å²) in [7, 11) is 0. The van der Waals surface area contributed by atoms with Gasteiger partial charge >= 0.3 is 6.09 Å². The van der Waals surface area contributed by atoms with Crippen LogP contribution in [0.3, 0.4) is 0 Å². The predicted octanol–water partition coefficient (Wildman–Crippen LogP) is 4.36. The number of benzene rings is 2. The summed E-state index contributed by atoms with van der Waals surface area (Å²) >= 11 is 0. The van der Waals surface area contributed by atoms with Crippen molar-refractivity contribution in [3.05, 3.63) is 59.7 Å². The van der Waals surface area contributed by atoms with Gasteiger partial charge in [-0.3, -0.25) is 4.79 Å². The molecule has 0 heterocycles. The van der Waals surface area contributed by atoms with Gasteiger partial charge in [0.05, 0.1) is 0 Å². The van der Waals surface area contributed by atoms with Crippen LogP contribution in [0.2, 0.25) is 0 Å². The molecule has 2 amide bonds. The van der Waals surface area contributed by atoms with E-state index in [0.717, 1.165) is 25.7 Å². The molecule has 0 spiro atoms. The summed E-state index contributed by atoms with van der Waals surface area (Å²) in [5.74, 6) is -0.127. The van der Waals surface area contributed by atoms with Gasteiger partial charge in [0.2, 0.25) is 5.91 Å². The largest absolute Gasteiger partial charge is 0.449 e. The van der Waals surface area contributed by atoms with Gasteiger partial charge in [-0.15, -0.1) is 0 Å². The molecule has 1 fully saturated rings. The van der Waals surface area contributed by atoms with Crippen molar-refractivity contribution in [3.63, 3.8) is 0 Å². The molecule has 1 saturated carbocycles. The normalized spacial score (nSPS) is 16.4. The zero-order chi connectivity index (χ0) is 20.1. The van der Waals surface area contributed by atoms with Crippen LogP contribution in [0.4, 0.5) is 4.79 Å². The second-order valence-corrected chi connectivity index (χ2v) is 7.94. The van der Waals surface area contributed by atoms with Crippen LogP contribution in [0.15, 0.2) is 48.5 Å². The van der Waals surface area contributed by atoms with E-state index < -0.39 is 6.09 Å². The molecule has 0 atom stereocenters. The van der Waals surface area contributed by atoms with E-state index in [1.165, 1.54) is 35.1 Å². The second kappa shape index (κ2) is 9.12. The highest BCUT2D eigenvalue weighted by Gasteiger charge is 2.29. The van der Waals surface area contributed by atoms with Gasteiger partial charge in [-0.2, -0.15) is 0 Å². The predicted molar refractivity (Wildman–Crippen MR) is 113 cm³/mol. The molecule has 2 aromatic rings. The van der Waals surface area contributed by atoms with Crippen LogP contribution in [0.1, 0.15) is 55.6 Å². The van der Waals surface area contributed by atoms with Crippen molar-refractivity contribution >= 4 is 12.0 Å². The molecule has 2 aliphatic carbocycles. The first-order valence-electron chi connectivity index (χ1n) is 10.6. The van der Waals surface area contributed by atoms with Crippen molar-refractivity contribution < 1.29 is 14.3 Å². The summed E-state index contributed by atoms with van der Waals surface area (Å²) in [4.78, 5) is 24.3. The van der Waals surface area contributed by atoms with Crippen LogP contribution in [0, 0.1) is 0 Å². The van der Waals surface area contributed by atoms with Gasteiger partial charge in [0.25, 0.3) is 0 Å². The van der Waals surface area contributed by atoms with E-state index in [9.17, 15) is 9.59 Å². The average Bonchev–Trinajstić information content (AvgIpc) is 2.87. The number of carbonyl (C=O) groups is 2. The zero-order valence-corrected chi connectivity index (χ0v) is 16.7. The first-order chi connectivity index (χ1) is 14.2. The monoisotopic (exact) mass is 392 g/mol. The summed E-state index contributed by atoms with van der Waals surface area (Å²) < 4.78 is 5.47. The lowest BCUT2D eigenvalue weighted by molar-refractivity contribution is -0.121. The minimum atomic E-state index is -0.553. The average molecular weight is 392 g/mol. The summed E-state index contributed by atoms with van der Waals surface area (Å²) in [5, 5.41) is 5.61. The number of fused-ring (bicyclic) bond motifs is 3. The third-order valence-electron chi connectivity index (χ3n) is 5.96. The lowest BCUT2D eigenvalue weighted by Crippen LogP contribution is -2.42. The van der Waals surface area contributed by atoms with Gasteiger partial charge in [0.1, 0.15) is 13.2 Å². The summed E-state index contributed by atoms with van der Waals surface area (Å²) in [6.07, 6.45) is 6.29. The fraction of sp³-hybridized carbons (Fsp3) is 0.417. The van der Waals surface area contributed by atoms with Crippen LogP contribution < -0.4 is 10.6 Å². The smallest absolute Gasteiger partial charge is 0.407 e. The molecule has 0 radical (unpaired) electrons.